The van der Waals surface area contributed by atoms with Gasteiger partial charge in [0.1, 0.15) is 0 Å². The summed E-state index contributed by atoms with van der Waals surface area (Å²) in [5, 5.41) is 8.05. The van der Waals surface area contributed by atoms with Crippen LogP contribution >= 0.6 is 0 Å². The van der Waals surface area contributed by atoms with E-state index in [9.17, 15) is 8.42 Å². The molecule has 0 aromatic rings. The zero-order chi connectivity index (χ0) is 6.62. The van der Waals surface area contributed by atoms with Crippen LogP contribution in [-0.2, 0) is 27.2 Å². The minimum atomic E-state index is -3.85. The van der Waals surface area contributed by atoms with E-state index < -0.39 is 10.1 Å². The molecule has 0 aromatic heterocycles. The summed E-state index contributed by atoms with van der Waals surface area (Å²) in [4.78, 5) is 0. The van der Waals surface area contributed by atoms with Gasteiger partial charge in [0.25, 0.3) is 10.1 Å². The first-order chi connectivity index (χ1) is 3.56. The van der Waals surface area contributed by atoms with E-state index in [0.717, 1.165) is 0 Å². The van der Waals surface area contributed by atoms with Crippen LogP contribution in [0.15, 0.2) is 0 Å². The maximum absolute atomic E-state index is 9.83. The molecule has 61 valence electrons. The summed E-state index contributed by atoms with van der Waals surface area (Å²) in [7, 11) is -3.85. The Bertz CT molecular complexity index is 140. The van der Waals surface area contributed by atoms with Crippen LogP contribution in [0.5, 0.6) is 0 Å². The van der Waals surface area contributed by atoms with Gasteiger partial charge in [0.2, 0.25) is 0 Å². The summed E-state index contributed by atoms with van der Waals surface area (Å²) in [6, 6.07) is 0. The van der Waals surface area contributed by atoms with Crippen molar-refractivity contribution in [3.05, 3.63) is 0 Å². The van der Waals surface area contributed by atoms with E-state index in [-0.39, 0.29) is 35.8 Å². The fourth-order valence-electron chi connectivity index (χ4n) is 0.247. The molecule has 0 fully saturated rings. The Morgan fingerprint density at radius 3 is 1.89 bits per heavy atom. The van der Waals surface area contributed by atoms with Crippen LogP contribution in [0.3, 0.4) is 0 Å². The van der Waals surface area contributed by atoms with Gasteiger partial charge in [-0.1, -0.05) is 0 Å². The predicted octanol–water partition coefficient (Wildman–Crippen LogP) is -0.746. The maximum Gasteiger partial charge on any atom is 0.264 e. The van der Waals surface area contributed by atoms with Gasteiger partial charge < -0.3 is 5.11 Å². The number of rotatable bonds is 3. The Hall–Kier alpha value is 0.389. The van der Waals surface area contributed by atoms with E-state index in [1.165, 1.54) is 0 Å². The second-order valence-corrected chi connectivity index (χ2v) is 2.94. The minimum Gasteiger partial charge on any atom is -0.396 e. The zero-order valence-corrected chi connectivity index (χ0v) is 6.30. The fraction of sp³-hybridized carbons (Fsp3) is 1.00. The van der Waals surface area contributed by atoms with Crippen LogP contribution in [0.25, 0.3) is 0 Å². The summed E-state index contributed by atoms with van der Waals surface area (Å²) in [6.45, 7) is -0.209. The van der Waals surface area contributed by atoms with Crippen LogP contribution < -0.4 is 0 Å². The molecule has 0 aliphatic carbocycles. The summed E-state index contributed by atoms with van der Waals surface area (Å²) in [5.74, 6) is -0.358. The Kier molecular flexibility index (Phi) is 6.99. The molecule has 0 aliphatic heterocycles. The molecule has 0 saturated carbocycles. The van der Waals surface area contributed by atoms with Crippen molar-refractivity contribution < 1.29 is 35.1 Å². The fourth-order valence-corrected chi connectivity index (χ4v) is 0.741. The quantitative estimate of drug-likeness (QED) is 0.468. The van der Waals surface area contributed by atoms with Gasteiger partial charge in [-0.2, -0.15) is 8.42 Å². The van der Waals surface area contributed by atoms with E-state index in [2.05, 4.69) is 0 Å². The summed E-state index contributed by atoms with van der Waals surface area (Å²) in [5.41, 5.74) is 0. The van der Waals surface area contributed by atoms with Crippen LogP contribution in [-0.4, -0.2) is 30.4 Å². The number of aliphatic hydroxyl groups is 1. The Morgan fingerprint density at radius 2 is 1.78 bits per heavy atom. The monoisotopic (exact) mass is 203 g/mol. The van der Waals surface area contributed by atoms with Crippen molar-refractivity contribution in [2.75, 3.05) is 12.4 Å². The van der Waals surface area contributed by atoms with Gasteiger partial charge in [-0.05, 0) is 6.42 Å². The van der Waals surface area contributed by atoms with Crippen molar-refractivity contribution in [1.29, 1.82) is 0 Å². The second-order valence-electron chi connectivity index (χ2n) is 1.36. The van der Waals surface area contributed by atoms with Crippen LogP contribution in [0, 0.1) is 0 Å². The van der Waals surface area contributed by atoms with Gasteiger partial charge in [0.15, 0.2) is 0 Å². The van der Waals surface area contributed by atoms with Crippen LogP contribution in [0.1, 0.15) is 6.42 Å². The van der Waals surface area contributed by atoms with Crippen molar-refractivity contribution in [3.63, 3.8) is 0 Å². The number of aliphatic hydroxyl groups excluding tert-OH is 1. The van der Waals surface area contributed by atoms with Gasteiger partial charge in [-0.25, -0.2) is 0 Å². The molecule has 0 rings (SSSR count). The Balaban J connectivity index is 0. The first-order valence-corrected chi connectivity index (χ1v) is 3.73. The van der Waals surface area contributed by atoms with Gasteiger partial charge in [0, 0.05) is 23.7 Å². The Morgan fingerprint density at radius 1 is 1.33 bits per heavy atom. The third-order valence-electron chi connectivity index (χ3n) is 0.560. The number of hydrogen-bond donors (Lipinski definition) is 2. The smallest absolute Gasteiger partial charge is 0.264 e. The van der Waals surface area contributed by atoms with Gasteiger partial charge in [-0.15, -0.1) is 0 Å². The third kappa shape index (κ3) is 11.8. The predicted molar refractivity (Wildman–Crippen MR) is 28.1 cm³/mol. The van der Waals surface area contributed by atoms with Crippen LogP contribution in [0.4, 0.5) is 0 Å². The molecule has 0 bridgehead atoms. The molecule has 0 aliphatic rings. The molecular weight excluding hydrogens is 196 g/mol. The molecule has 2 N–H and O–H groups in total. The molecule has 0 spiro atoms. The summed E-state index contributed by atoms with van der Waals surface area (Å²) < 4.78 is 27.7. The second kappa shape index (κ2) is 5.20. The normalized spacial score (nSPS) is 10.4. The van der Waals surface area contributed by atoms with E-state index in [1.807, 2.05) is 0 Å². The maximum atomic E-state index is 9.83. The largest absolute Gasteiger partial charge is 0.396 e. The van der Waals surface area contributed by atoms with E-state index in [4.69, 9.17) is 9.66 Å². The van der Waals surface area contributed by atoms with Gasteiger partial charge in [-0.3, -0.25) is 4.55 Å². The molecule has 4 nitrogen and oxygen atoms in total. The van der Waals surface area contributed by atoms with Crippen molar-refractivity contribution in [2.45, 2.75) is 6.42 Å². The van der Waals surface area contributed by atoms with Gasteiger partial charge >= 0.3 is 0 Å². The molecule has 0 aromatic carbocycles. The van der Waals surface area contributed by atoms with E-state index in [0.29, 0.717) is 0 Å². The van der Waals surface area contributed by atoms with Crippen molar-refractivity contribution in [1.82, 2.24) is 0 Å². The number of hydrogen-bond acceptors (Lipinski definition) is 3. The van der Waals surface area contributed by atoms with Crippen molar-refractivity contribution in [2.24, 2.45) is 0 Å². The summed E-state index contributed by atoms with van der Waals surface area (Å²) in [6.07, 6.45) is 0.0961. The topological polar surface area (TPSA) is 74.6 Å². The van der Waals surface area contributed by atoms with Crippen molar-refractivity contribution in [3.8, 4) is 0 Å². The average Bonchev–Trinajstić information content (AvgIpc) is 1.59. The molecule has 0 unspecified atom stereocenters. The standard InChI is InChI=1S/C3H8O4S.Cu/c4-2-1-3-8(5,6)7;/h4H,1-3H2,(H,5,6,7);. The molecule has 0 atom stereocenters. The zero-order valence-electron chi connectivity index (χ0n) is 4.54. The third-order valence-corrected chi connectivity index (χ3v) is 1.36. The molecule has 1 radical (unpaired) electrons. The van der Waals surface area contributed by atoms with E-state index in [1.54, 1.807) is 0 Å². The summed E-state index contributed by atoms with van der Waals surface area (Å²) >= 11 is 0. The first-order valence-electron chi connectivity index (χ1n) is 2.12. The molecule has 6 heteroatoms. The minimum absolute atomic E-state index is 0. The van der Waals surface area contributed by atoms with Gasteiger partial charge in [0.05, 0.1) is 5.75 Å². The van der Waals surface area contributed by atoms with E-state index >= 15 is 0 Å². The molecular formula is C3H8CuO4S. The average molecular weight is 204 g/mol. The molecule has 9 heavy (non-hydrogen) atoms. The Labute approximate surface area is 64.5 Å². The SMILES string of the molecule is O=S(=O)(O)CCCO.[Cu]. The molecule has 0 heterocycles. The molecule has 0 saturated heterocycles. The van der Waals surface area contributed by atoms with Crippen molar-refractivity contribution >= 4 is 10.1 Å². The van der Waals surface area contributed by atoms with Crippen LogP contribution in [0.2, 0.25) is 0 Å². The molecule has 0 amide bonds. The first kappa shape index (κ1) is 12.1.